The summed E-state index contributed by atoms with van der Waals surface area (Å²) >= 11 is 0. The van der Waals surface area contributed by atoms with Crippen LogP contribution in [0.3, 0.4) is 0 Å². The molecule has 0 amide bonds. The number of aldehydes is 1. The van der Waals surface area contributed by atoms with Gasteiger partial charge in [0.15, 0.2) is 17.8 Å². The molecule has 0 fully saturated rings. The van der Waals surface area contributed by atoms with Crippen LogP contribution in [-0.4, -0.2) is 26.2 Å². The Balaban J connectivity index is 2.78. The Morgan fingerprint density at radius 1 is 1.35 bits per heavy atom. The molecule has 0 aliphatic rings. The van der Waals surface area contributed by atoms with Crippen molar-refractivity contribution in [3.8, 4) is 11.5 Å². The molecule has 0 saturated heterocycles. The third-order valence-corrected chi connectivity index (χ3v) is 1.99. The fraction of sp³-hybridized carbons (Fsp3) is 0.364. The van der Waals surface area contributed by atoms with Gasteiger partial charge in [-0.1, -0.05) is 6.07 Å². The molecule has 0 heterocycles. The molecule has 1 aromatic rings. The fourth-order valence-corrected chi connectivity index (χ4v) is 1.21. The highest BCUT2D eigenvalue weighted by molar-refractivity contribution is 5.81. The van der Waals surface area contributed by atoms with Crippen LogP contribution in [-0.2, 0) is 0 Å². The number of halogens is 3. The smallest absolute Gasteiger partial charge is 0.392 e. The van der Waals surface area contributed by atoms with Gasteiger partial charge >= 0.3 is 6.18 Å². The Labute approximate surface area is 96.1 Å². The molecule has 0 aromatic heterocycles. The first-order chi connectivity index (χ1) is 7.98. The van der Waals surface area contributed by atoms with Gasteiger partial charge in [0, 0.05) is 0 Å². The zero-order valence-electron chi connectivity index (χ0n) is 9.08. The van der Waals surface area contributed by atoms with Gasteiger partial charge in [-0.2, -0.15) is 13.2 Å². The molecular formula is C11H11F3O3. The number of alkyl halides is 3. The second kappa shape index (κ2) is 5.56. The zero-order valence-corrected chi connectivity index (χ0v) is 9.08. The van der Waals surface area contributed by atoms with Crippen molar-refractivity contribution in [3.05, 3.63) is 23.8 Å². The molecule has 0 spiro atoms. The van der Waals surface area contributed by atoms with Gasteiger partial charge in [-0.3, -0.25) is 4.79 Å². The number of hydrogen-bond donors (Lipinski definition) is 0. The highest BCUT2D eigenvalue weighted by atomic mass is 19.4. The Kier molecular flexibility index (Phi) is 4.37. The summed E-state index contributed by atoms with van der Waals surface area (Å²) in [4.78, 5) is 10.7. The van der Waals surface area contributed by atoms with E-state index in [2.05, 4.69) is 0 Å². The summed E-state index contributed by atoms with van der Waals surface area (Å²) < 4.78 is 45.7. The van der Waals surface area contributed by atoms with Crippen LogP contribution in [0.15, 0.2) is 18.2 Å². The van der Waals surface area contributed by atoms with E-state index in [0.717, 1.165) is 0 Å². The van der Waals surface area contributed by atoms with Crippen molar-refractivity contribution >= 4 is 6.29 Å². The second-order valence-corrected chi connectivity index (χ2v) is 3.21. The summed E-state index contributed by atoms with van der Waals surface area (Å²) in [6.07, 6.45) is -4.86. The van der Waals surface area contributed by atoms with E-state index in [0.29, 0.717) is 6.29 Å². The van der Waals surface area contributed by atoms with Crippen LogP contribution in [0.4, 0.5) is 13.2 Å². The number of hydrogen-bond acceptors (Lipinski definition) is 3. The van der Waals surface area contributed by atoms with E-state index in [-0.39, 0.29) is 17.1 Å². The predicted molar refractivity (Wildman–Crippen MR) is 54.5 cm³/mol. The van der Waals surface area contributed by atoms with Gasteiger partial charge in [0.05, 0.1) is 25.7 Å². The summed E-state index contributed by atoms with van der Waals surface area (Å²) in [5.74, 6) is 0.269. The van der Waals surface area contributed by atoms with Crippen LogP contribution in [0, 0.1) is 0 Å². The van der Waals surface area contributed by atoms with Gasteiger partial charge in [0.25, 0.3) is 0 Å². The molecule has 0 saturated carbocycles. The monoisotopic (exact) mass is 248 g/mol. The van der Waals surface area contributed by atoms with Gasteiger partial charge in [0.1, 0.15) is 0 Å². The van der Waals surface area contributed by atoms with E-state index in [9.17, 15) is 18.0 Å². The second-order valence-electron chi connectivity index (χ2n) is 3.21. The maximum Gasteiger partial charge on any atom is 0.392 e. The normalized spacial score (nSPS) is 11.1. The number of methoxy groups -OCH3 is 1. The molecule has 6 heteroatoms. The lowest BCUT2D eigenvalue weighted by atomic mass is 10.2. The standard InChI is InChI=1S/C11H11F3O3/c1-16-9-4-2-3-8(7-15)10(9)17-6-5-11(12,13)14/h2-4,7H,5-6H2,1H3. The number of para-hydroxylation sites is 1. The first kappa shape index (κ1) is 13.3. The zero-order chi connectivity index (χ0) is 12.9. The van der Waals surface area contributed by atoms with E-state index < -0.39 is 19.2 Å². The van der Waals surface area contributed by atoms with E-state index in [4.69, 9.17) is 9.47 Å². The molecule has 0 atom stereocenters. The molecule has 0 aliphatic heterocycles. The molecule has 0 unspecified atom stereocenters. The predicted octanol–water partition coefficient (Wildman–Crippen LogP) is 2.84. The average molecular weight is 248 g/mol. The SMILES string of the molecule is COc1cccc(C=O)c1OCCC(F)(F)F. The summed E-state index contributed by atoms with van der Waals surface area (Å²) in [6, 6.07) is 4.51. The number of carbonyl (C=O) groups is 1. The molecule has 17 heavy (non-hydrogen) atoms. The summed E-state index contributed by atoms with van der Waals surface area (Å²) in [7, 11) is 1.35. The molecular weight excluding hydrogens is 237 g/mol. The fourth-order valence-electron chi connectivity index (χ4n) is 1.21. The minimum atomic E-state index is -4.29. The Bertz CT molecular complexity index is 388. The van der Waals surface area contributed by atoms with Gasteiger partial charge in [-0.15, -0.1) is 0 Å². The van der Waals surface area contributed by atoms with Gasteiger partial charge in [-0.05, 0) is 12.1 Å². The van der Waals surface area contributed by atoms with Crippen LogP contribution in [0.1, 0.15) is 16.8 Å². The highest BCUT2D eigenvalue weighted by Crippen LogP contribution is 2.30. The first-order valence-electron chi connectivity index (χ1n) is 4.79. The average Bonchev–Trinajstić information content (AvgIpc) is 2.27. The molecule has 0 N–H and O–H groups in total. The van der Waals surface area contributed by atoms with E-state index in [1.807, 2.05) is 0 Å². The lowest BCUT2D eigenvalue weighted by Crippen LogP contribution is -2.13. The summed E-state index contributed by atoms with van der Waals surface area (Å²) in [5.41, 5.74) is 0.159. The van der Waals surface area contributed by atoms with Crippen LogP contribution in [0.5, 0.6) is 11.5 Å². The third-order valence-electron chi connectivity index (χ3n) is 1.99. The molecule has 0 aliphatic carbocycles. The van der Waals surface area contributed by atoms with Gasteiger partial charge in [0.2, 0.25) is 0 Å². The molecule has 0 radical (unpaired) electrons. The number of ether oxygens (including phenoxy) is 2. The topological polar surface area (TPSA) is 35.5 Å². The largest absolute Gasteiger partial charge is 0.493 e. The quantitative estimate of drug-likeness (QED) is 0.751. The Hall–Kier alpha value is -1.72. The maximum absolute atomic E-state index is 11.9. The minimum Gasteiger partial charge on any atom is -0.493 e. The minimum absolute atomic E-state index is 0.0363. The highest BCUT2D eigenvalue weighted by Gasteiger charge is 2.27. The number of rotatable bonds is 5. The van der Waals surface area contributed by atoms with Crippen molar-refractivity contribution in [1.29, 1.82) is 0 Å². The Morgan fingerprint density at radius 3 is 2.59 bits per heavy atom. The first-order valence-corrected chi connectivity index (χ1v) is 4.79. The Morgan fingerprint density at radius 2 is 2.06 bits per heavy atom. The van der Waals surface area contributed by atoms with Crippen molar-refractivity contribution in [2.45, 2.75) is 12.6 Å². The van der Waals surface area contributed by atoms with Crippen molar-refractivity contribution in [2.75, 3.05) is 13.7 Å². The van der Waals surface area contributed by atoms with Crippen molar-refractivity contribution in [3.63, 3.8) is 0 Å². The lowest BCUT2D eigenvalue weighted by Gasteiger charge is -2.13. The molecule has 3 nitrogen and oxygen atoms in total. The van der Waals surface area contributed by atoms with E-state index in [1.54, 1.807) is 6.07 Å². The molecule has 1 rings (SSSR count). The van der Waals surface area contributed by atoms with Crippen LogP contribution >= 0.6 is 0 Å². The number of carbonyl (C=O) groups excluding carboxylic acids is 1. The molecule has 0 bridgehead atoms. The van der Waals surface area contributed by atoms with Gasteiger partial charge in [-0.25, -0.2) is 0 Å². The third kappa shape index (κ3) is 3.97. The summed E-state index contributed by atoms with van der Waals surface area (Å²) in [5, 5.41) is 0. The molecule has 1 aromatic carbocycles. The van der Waals surface area contributed by atoms with E-state index >= 15 is 0 Å². The lowest BCUT2D eigenvalue weighted by molar-refractivity contribution is -0.139. The number of benzene rings is 1. The van der Waals surface area contributed by atoms with Crippen molar-refractivity contribution < 1.29 is 27.4 Å². The maximum atomic E-state index is 11.9. The van der Waals surface area contributed by atoms with Crippen LogP contribution in [0.25, 0.3) is 0 Å². The summed E-state index contributed by atoms with van der Waals surface area (Å²) in [6.45, 7) is -0.551. The van der Waals surface area contributed by atoms with Crippen LogP contribution in [0.2, 0.25) is 0 Å². The van der Waals surface area contributed by atoms with Crippen molar-refractivity contribution in [2.24, 2.45) is 0 Å². The molecule has 94 valence electrons. The van der Waals surface area contributed by atoms with Crippen LogP contribution < -0.4 is 9.47 Å². The van der Waals surface area contributed by atoms with Gasteiger partial charge < -0.3 is 9.47 Å². The van der Waals surface area contributed by atoms with Crippen molar-refractivity contribution in [1.82, 2.24) is 0 Å². The van der Waals surface area contributed by atoms with E-state index in [1.165, 1.54) is 19.2 Å².